The van der Waals surface area contributed by atoms with Crippen LogP contribution in [0.4, 0.5) is 0 Å². The summed E-state index contributed by atoms with van der Waals surface area (Å²) in [4.78, 5) is 10.6. The lowest BCUT2D eigenvalue weighted by molar-refractivity contribution is 0.661. The van der Waals surface area contributed by atoms with Gasteiger partial charge in [0.1, 0.15) is 0 Å². The average Bonchev–Trinajstić information content (AvgIpc) is 3.53. The molecule has 1 aliphatic rings. The Morgan fingerprint density at radius 2 is 0.881 bits per heavy atom. The molecule has 10 aromatic rings. The van der Waals surface area contributed by atoms with Gasteiger partial charge < -0.3 is 0 Å². The fourth-order valence-electron chi connectivity index (χ4n) is 9.17. The van der Waals surface area contributed by atoms with Crippen molar-refractivity contribution < 1.29 is 0 Å². The van der Waals surface area contributed by atoms with Crippen molar-refractivity contribution in [3.05, 3.63) is 217 Å². The average molecular weight is 753 g/mol. The number of benzene rings is 9. The van der Waals surface area contributed by atoms with Gasteiger partial charge in [-0.1, -0.05) is 184 Å². The minimum atomic E-state index is -0.148. The van der Waals surface area contributed by atoms with Crippen molar-refractivity contribution in [2.45, 2.75) is 19.3 Å². The molecule has 0 N–H and O–H groups in total. The molecule has 0 unspecified atom stereocenters. The highest BCUT2D eigenvalue weighted by Crippen LogP contribution is 2.53. The molecule has 0 bridgehead atoms. The number of hydrogen-bond donors (Lipinski definition) is 0. The van der Waals surface area contributed by atoms with Crippen molar-refractivity contribution in [3.8, 4) is 78.4 Å². The maximum Gasteiger partial charge on any atom is 0.160 e. The largest absolute Gasteiger partial charge is 0.228 e. The summed E-state index contributed by atoms with van der Waals surface area (Å²) >= 11 is 0. The number of fused-ring (bicyclic) bond motifs is 5. The molecule has 278 valence electrons. The molecule has 0 saturated carbocycles. The molecule has 0 aliphatic heterocycles. The van der Waals surface area contributed by atoms with Crippen LogP contribution in [0.3, 0.4) is 0 Å². The van der Waals surface area contributed by atoms with Crippen molar-refractivity contribution in [2.75, 3.05) is 0 Å². The lowest BCUT2D eigenvalue weighted by Gasteiger charge is -2.22. The van der Waals surface area contributed by atoms with Crippen LogP contribution in [0.5, 0.6) is 0 Å². The van der Waals surface area contributed by atoms with Gasteiger partial charge in [-0.05, 0) is 114 Å². The molecule has 9 aromatic carbocycles. The molecular weight excluding hydrogens is 713 g/mol. The van der Waals surface area contributed by atoms with Gasteiger partial charge in [-0.3, -0.25) is 0 Å². The van der Waals surface area contributed by atoms with Crippen LogP contribution in [-0.4, -0.2) is 9.97 Å². The zero-order valence-corrected chi connectivity index (χ0v) is 33.0. The van der Waals surface area contributed by atoms with Crippen LogP contribution in [0.15, 0.2) is 206 Å². The van der Waals surface area contributed by atoms with Gasteiger partial charge in [-0.25, -0.2) is 9.97 Å². The van der Waals surface area contributed by atoms with Gasteiger partial charge in [-0.2, -0.15) is 0 Å². The third-order valence-electron chi connectivity index (χ3n) is 12.3. The van der Waals surface area contributed by atoms with Gasteiger partial charge >= 0.3 is 0 Å². The second-order valence-electron chi connectivity index (χ2n) is 16.2. The summed E-state index contributed by atoms with van der Waals surface area (Å²) in [5.74, 6) is 0.717. The Bertz CT molecular complexity index is 3220. The highest BCUT2D eigenvalue weighted by Gasteiger charge is 2.37. The molecule has 1 heterocycles. The first-order chi connectivity index (χ1) is 29.0. The summed E-state index contributed by atoms with van der Waals surface area (Å²) in [7, 11) is 0. The molecule has 59 heavy (non-hydrogen) atoms. The maximum absolute atomic E-state index is 5.32. The highest BCUT2D eigenvalue weighted by atomic mass is 14.9. The second kappa shape index (κ2) is 13.9. The van der Waals surface area contributed by atoms with Crippen LogP contribution < -0.4 is 0 Å². The van der Waals surface area contributed by atoms with Gasteiger partial charge in [0, 0.05) is 22.1 Å². The van der Waals surface area contributed by atoms with Crippen LogP contribution in [0, 0.1) is 0 Å². The van der Waals surface area contributed by atoms with E-state index in [1.807, 2.05) is 6.07 Å². The standard InChI is InChI=1S/C57H40N2/c1-57(2)51-24-14-23-48(55(51)50-34-40-21-12-13-22-41(40)35-52(50)57)54-36-53(58-56(59-54)39-19-10-5-11-20-39)46-28-26-42-31-45(27-25-43(42)32-46)49-33-44(37-15-6-3-7-16-37)29-30-47(49)38-17-8-4-9-18-38/h3-36H,1-2H3. The highest BCUT2D eigenvalue weighted by molar-refractivity contribution is 5.99. The second-order valence-corrected chi connectivity index (χ2v) is 16.2. The van der Waals surface area contributed by atoms with Crippen molar-refractivity contribution in [3.63, 3.8) is 0 Å². The van der Waals surface area contributed by atoms with Crippen LogP contribution in [0.2, 0.25) is 0 Å². The lowest BCUT2D eigenvalue weighted by atomic mass is 9.81. The van der Waals surface area contributed by atoms with Crippen LogP contribution in [0.25, 0.3) is 100.0 Å². The SMILES string of the molecule is CC1(C)c2cc3ccccc3cc2-c2c(-c3cc(-c4ccc5cc(-c6cc(-c7ccccc7)ccc6-c6ccccc6)ccc5c4)nc(-c4ccccc4)n3)cccc21. The third-order valence-corrected chi connectivity index (χ3v) is 12.3. The number of hydrogen-bond acceptors (Lipinski definition) is 2. The van der Waals surface area contributed by atoms with E-state index >= 15 is 0 Å². The minimum Gasteiger partial charge on any atom is -0.228 e. The monoisotopic (exact) mass is 752 g/mol. The molecule has 1 aromatic heterocycles. The normalized spacial score (nSPS) is 12.7. The van der Waals surface area contributed by atoms with E-state index in [1.165, 1.54) is 71.8 Å². The first-order valence-electron chi connectivity index (χ1n) is 20.4. The maximum atomic E-state index is 5.32. The van der Waals surface area contributed by atoms with Crippen molar-refractivity contribution >= 4 is 21.5 Å². The summed E-state index contributed by atoms with van der Waals surface area (Å²) in [6.07, 6.45) is 0. The first kappa shape index (κ1) is 34.8. The van der Waals surface area contributed by atoms with Crippen LogP contribution in [-0.2, 0) is 5.41 Å². The smallest absolute Gasteiger partial charge is 0.160 e. The van der Waals surface area contributed by atoms with Crippen molar-refractivity contribution in [1.29, 1.82) is 0 Å². The molecule has 0 saturated heterocycles. The van der Waals surface area contributed by atoms with Gasteiger partial charge in [0.25, 0.3) is 0 Å². The van der Waals surface area contributed by atoms with Gasteiger partial charge in [0.2, 0.25) is 0 Å². The van der Waals surface area contributed by atoms with E-state index in [1.54, 1.807) is 0 Å². The Balaban J connectivity index is 1.05. The Morgan fingerprint density at radius 3 is 1.61 bits per heavy atom. The topological polar surface area (TPSA) is 25.8 Å². The number of aromatic nitrogens is 2. The van der Waals surface area contributed by atoms with E-state index in [2.05, 4.69) is 214 Å². The van der Waals surface area contributed by atoms with E-state index in [9.17, 15) is 0 Å². The van der Waals surface area contributed by atoms with Gasteiger partial charge in [0.05, 0.1) is 11.4 Å². The van der Waals surface area contributed by atoms with Crippen LogP contribution in [0.1, 0.15) is 25.0 Å². The summed E-state index contributed by atoms with van der Waals surface area (Å²) in [6, 6.07) is 74.4. The van der Waals surface area contributed by atoms with E-state index in [0.717, 1.165) is 33.5 Å². The lowest BCUT2D eigenvalue weighted by Crippen LogP contribution is -2.14. The van der Waals surface area contributed by atoms with E-state index in [-0.39, 0.29) is 5.41 Å². The molecule has 0 fully saturated rings. The summed E-state index contributed by atoms with van der Waals surface area (Å²) in [5, 5.41) is 4.86. The Kier molecular flexibility index (Phi) is 8.20. The molecule has 11 rings (SSSR count). The molecule has 2 nitrogen and oxygen atoms in total. The first-order valence-corrected chi connectivity index (χ1v) is 20.4. The summed E-state index contributed by atoms with van der Waals surface area (Å²) in [5.41, 5.74) is 17.3. The zero-order chi connectivity index (χ0) is 39.5. The number of nitrogens with zero attached hydrogens (tertiary/aromatic N) is 2. The zero-order valence-electron chi connectivity index (χ0n) is 33.0. The Hall–Kier alpha value is -7.42. The molecule has 0 radical (unpaired) electrons. The van der Waals surface area contributed by atoms with E-state index < -0.39 is 0 Å². The molecule has 0 amide bonds. The Labute approximate surface area is 345 Å². The fraction of sp³-hybridized carbons (Fsp3) is 0.0526. The summed E-state index contributed by atoms with van der Waals surface area (Å²) in [6.45, 7) is 4.69. The van der Waals surface area contributed by atoms with Crippen molar-refractivity contribution in [2.24, 2.45) is 0 Å². The van der Waals surface area contributed by atoms with Crippen molar-refractivity contribution in [1.82, 2.24) is 9.97 Å². The molecule has 0 atom stereocenters. The van der Waals surface area contributed by atoms with Crippen LogP contribution >= 0.6 is 0 Å². The summed E-state index contributed by atoms with van der Waals surface area (Å²) < 4.78 is 0. The molecule has 0 spiro atoms. The van der Waals surface area contributed by atoms with E-state index in [0.29, 0.717) is 5.82 Å². The third kappa shape index (κ3) is 6.04. The molecular formula is C57H40N2. The van der Waals surface area contributed by atoms with Gasteiger partial charge in [0.15, 0.2) is 5.82 Å². The Morgan fingerprint density at radius 1 is 0.305 bits per heavy atom. The molecule has 1 aliphatic carbocycles. The number of rotatable bonds is 6. The quantitative estimate of drug-likeness (QED) is 0.169. The van der Waals surface area contributed by atoms with E-state index in [4.69, 9.17) is 9.97 Å². The predicted octanol–water partition coefficient (Wildman–Crippen LogP) is 15.1. The molecule has 2 heteroatoms. The van der Waals surface area contributed by atoms with Gasteiger partial charge in [-0.15, -0.1) is 0 Å². The fourth-order valence-corrected chi connectivity index (χ4v) is 9.17. The minimum absolute atomic E-state index is 0.148. The predicted molar refractivity (Wildman–Crippen MR) is 247 cm³/mol.